The van der Waals surface area contributed by atoms with Gasteiger partial charge in [-0.2, -0.15) is 0 Å². The van der Waals surface area contributed by atoms with Crippen molar-refractivity contribution in [3.05, 3.63) is 65.0 Å². The summed E-state index contributed by atoms with van der Waals surface area (Å²) in [5, 5.41) is 8.74. The molecule has 1 aliphatic heterocycles. The first-order chi connectivity index (χ1) is 9.83. The summed E-state index contributed by atoms with van der Waals surface area (Å²) in [5.41, 5.74) is 3.37. The Hall–Kier alpha value is -2.95. The maximum Gasteiger partial charge on any atom is 0.276 e. The first kappa shape index (κ1) is 10.9. The molecule has 1 N–H and O–H groups in total. The highest BCUT2D eigenvalue weighted by Crippen LogP contribution is 2.23. The standard InChI is InChI=1S/C15H10N4O/c20-15-14(10-6-2-1-3-7-11(10)16-15)19-17-12-8-4-5-9-13(12)18-19/h1-9H,(H,16,20). The summed E-state index contributed by atoms with van der Waals surface area (Å²) in [5.74, 6) is 0. The fraction of sp³-hybridized carbons (Fsp3) is 0. The highest BCUT2D eigenvalue weighted by molar-refractivity contribution is 5.75. The first-order valence-corrected chi connectivity index (χ1v) is 6.26. The Balaban J connectivity index is 2.04. The summed E-state index contributed by atoms with van der Waals surface area (Å²) in [6.07, 6.45) is 0. The van der Waals surface area contributed by atoms with Crippen molar-refractivity contribution in [2.24, 2.45) is 0 Å². The van der Waals surface area contributed by atoms with Crippen LogP contribution in [0.15, 0.2) is 59.4 Å². The molecular formula is C15H10N4O. The molecule has 0 amide bonds. The first-order valence-electron chi connectivity index (χ1n) is 6.26. The van der Waals surface area contributed by atoms with E-state index in [0.29, 0.717) is 5.69 Å². The van der Waals surface area contributed by atoms with Crippen LogP contribution in [0.1, 0.15) is 0 Å². The minimum Gasteiger partial charge on any atom is -0.320 e. The van der Waals surface area contributed by atoms with Gasteiger partial charge in [-0.1, -0.05) is 36.4 Å². The molecule has 0 atom stereocenters. The van der Waals surface area contributed by atoms with Crippen molar-refractivity contribution < 1.29 is 0 Å². The third-order valence-electron chi connectivity index (χ3n) is 3.24. The molecule has 0 spiro atoms. The maximum absolute atomic E-state index is 12.2. The predicted octanol–water partition coefficient (Wildman–Crippen LogP) is 2.21. The molecule has 0 unspecified atom stereocenters. The topological polar surface area (TPSA) is 63.6 Å². The van der Waals surface area contributed by atoms with Gasteiger partial charge in [0.25, 0.3) is 5.56 Å². The van der Waals surface area contributed by atoms with Gasteiger partial charge in [0.15, 0.2) is 5.69 Å². The molecule has 5 heteroatoms. The van der Waals surface area contributed by atoms with E-state index < -0.39 is 0 Å². The lowest BCUT2D eigenvalue weighted by atomic mass is 10.2. The van der Waals surface area contributed by atoms with Gasteiger partial charge < -0.3 is 4.98 Å². The van der Waals surface area contributed by atoms with Crippen molar-refractivity contribution in [1.29, 1.82) is 0 Å². The molecule has 2 aliphatic rings. The van der Waals surface area contributed by atoms with E-state index in [1.165, 1.54) is 4.80 Å². The molecule has 1 aromatic carbocycles. The SMILES string of the molecule is O=c1[nH]c2cccccc-2c1-n1nc2ccccc2n1. The molecule has 0 saturated heterocycles. The van der Waals surface area contributed by atoms with Gasteiger partial charge in [-0.3, -0.25) is 4.79 Å². The number of benzene rings is 1. The summed E-state index contributed by atoms with van der Waals surface area (Å²) < 4.78 is 0. The highest BCUT2D eigenvalue weighted by atomic mass is 16.1. The molecule has 2 heterocycles. The zero-order valence-corrected chi connectivity index (χ0v) is 10.4. The van der Waals surface area contributed by atoms with Gasteiger partial charge in [-0.25, -0.2) is 0 Å². The van der Waals surface area contributed by atoms with Crippen LogP contribution in [0.5, 0.6) is 0 Å². The second kappa shape index (κ2) is 4.03. The summed E-state index contributed by atoms with van der Waals surface area (Å²) in [6, 6.07) is 17.0. The summed E-state index contributed by atoms with van der Waals surface area (Å²) in [6.45, 7) is 0. The molecule has 0 saturated carbocycles. The molecule has 96 valence electrons. The number of hydrogen-bond donors (Lipinski definition) is 1. The van der Waals surface area contributed by atoms with E-state index in [0.717, 1.165) is 22.3 Å². The minimum absolute atomic E-state index is 0.188. The van der Waals surface area contributed by atoms with Crippen molar-refractivity contribution in [2.75, 3.05) is 0 Å². The van der Waals surface area contributed by atoms with Gasteiger partial charge in [0.2, 0.25) is 0 Å². The van der Waals surface area contributed by atoms with Crippen LogP contribution in [0.2, 0.25) is 0 Å². The van der Waals surface area contributed by atoms with Crippen LogP contribution in [-0.4, -0.2) is 20.0 Å². The van der Waals surface area contributed by atoms with Crippen LogP contribution >= 0.6 is 0 Å². The fourth-order valence-corrected chi connectivity index (χ4v) is 2.32. The number of aromatic nitrogens is 4. The van der Waals surface area contributed by atoms with Gasteiger partial charge in [-0.05, 0) is 18.2 Å². The highest BCUT2D eigenvalue weighted by Gasteiger charge is 2.17. The summed E-state index contributed by atoms with van der Waals surface area (Å²) in [4.78, 5) is 16.4. The Labute approximate surface area is 113 Å². The smallest absolute Gasteiger partial charge is 0.276 e. The Morgan fingerprint density at radius 3 is 2.25 bits per heavy atom. The largest absolute Gasteiger partial charge is 0.320 e. The van der Waals surface area contributed by atoms with Gasteiger partial charge in [-0.15, -0.1) is 15.0 Å². The number of nitrogens with zero attached hydrogens (tertiary/aromatic N) is 3. The van der Waals surface area contributed by atoms with E-state index in [1.807, 2.05) is 54.6 Å². The Morgan fingerprint density at radius 2 is 1.50 bits per heavy atom. The lowest BCUT2D eigenvalue weighted by molar-refractivity contribution is 0.763. The monoisotopic (exact) mass is 262 g/mol. The van der Waals surface area contributed by atoms with E-state index in [4.69, 9.17) is 0 Å². The lowest BCUT2D eigenvalue weighted by Gasteiger charge is -1.96. The van der Waals surface area contributed by atoms with Crippen molar-refractivity contribution >= 4 is 11.0 Å². The van der Waals surface area contributed by atoms with Gasteiger partial charge in [0.1, 0.15) is 11.0 Å². The lowest BCUT2D eigenvalue weighted by Crippen LogP contribution is -2.10. The van der Waals surface area contributed by atoms with Crippen LogP contribution in [0.25, 0.3) is 28.0 Å². The van der Waals surface area contributed by atoms with Crippen LogP contribution in [0, 0.1) is 0 Å². The number of nitrogens with one attached hydrogen (secondary N) is 1. The van der Waals surface area contributed by atoms with Crippen molar-refractivity contribution in [2.45, 2.75) is 0 Å². The van der Waals surface area contributed by atoms with Crippen molar-refractivity contribution in [3.63, 3.8) is 0 Å². The number of hydrogen-bond acceptors (Lipinski definition) is 3. The second-order valence-electron chi connectivity index (χ2n) is 4.52. The molecule has 4 rings (SSSR count). The van der Waals surface area contributed by atoms with E-state index in [2.05, 4.69) is 15.2 Å². The van der Waals surface area contributed by atoms with Gasteiger partial charge in [0, 0.05) is 5.56 Å². The number of fused-ring (bicyclic) bond motifs is 2. The zero-order chi connectivity index (χ0) is 13.5. The van der Waals surface area contributed by atoms with Crippen LogP contribution in [0.3, 0.4) is 0 Å². The van der Waals surface area contributed by atoms with Crippen molar-refractivity contribution in [3.8, 4) is 16.9 Å². The van der Waals surface area contributed by atoms with E-state index >= 15 is 0 Å². The average Bonchev–Trinajstić information content (AvgIpc) is 2.92. The number of H-pyrrole nitrogens is 1. The van der Waals surface area contributed by atoms with Crippen LogP contribution in [0.4, 0.5) is 0 Å². The molecule has 5 nitrogen and oxygen atoms in total. The molecule has 20 heavy (non-hydrogen) atoms. The molecule has 0 fully saturated rings. The number of aromatic amines is 1. The fourth-order valence-electron chi connectivity index (χ4n) is 2.32. The molecule has 0 radical (unpaired) electrons. The van der Waals surface area contributed by atoms with Gasteiger partial charge in [0.05, 0.1) is 5.69 Å². The summed E-state index contributed by atoms with van der Waals surface area (Å²) in [7, 11) is 0. The van der Waals surface area contributed by atoms with Crippen LogP contribution < -0.4 is 5.56 Å². The molecule has 1 aliphatic carbocycles. The third-order valence-corrected chi connectivity index (χ3v) is 3.24. The second-order valence-corrected chi connectivity index (χ2v) is 4.52. The zero-order valence-electron chi connectivity index (χ0n) is 10.4. The quantitative estimate of drug-likeness (QED) is 0.572. The minimum atomic E-state index is -0.188. The normalized spacial score (nSPS) is 11.2. The van der Waals surface area contributed by atoms with Gasteiger partial charge >= 0.3 is 0 Å². The predicted molar refractivity (Wildman–Crippen MR) is 76.1 cm³/mol. The van der Waals surface area contributed by atoms with E-state index in [-0.39, 0.29) is 5.56 Å². The third kappa shape index (κ3) is 1.53. The van der Waals surface area contributed by atoms with E-state index in [9.17, 15) is 4.79 Å². The Kier molecular flexibility index (Phi) is 2.20. The Morgan fingerprint density at radius 1 is 0.850 bits per heavy atom. The van der Waals surface area contributed by atoms with Crippen molar-refractivity contribution in [1.82, 2.24) is 20.0 Å². The molecule has 2 aromatic rings. The number of rotatable bonds is 1. The Bertz CT molecular complexity index is 905. The average molecular weight is 262 g/mol. The molecule has 0 bridgehead atoms. The summed E-state index contributed by atoms with van der Waals surface area (Å²) >= 11 is 0. The van der Waals surface area contributed by atoms with E-state index in [1.54, 1.807) is 0 Å². The van der Waals surface area contributed by atoms with Crippen LogP contribution in [-0.2, 0) is 0 Å². The maximum atomic E-state index is 12.2. The molecule has 1 aromatic heterocycles. The molecular weight excluding hydrogens is 252 g/mol.